The average molecular weight is 749 g/mol. The van der Waals surface area contributed by atoms with Gasteiger partial charge in [0.05, 0.1) is 0 Å². The number of hydrogen-bond acceptors (Lipinski definition) is 6. The van der Waals surface area contributed by atoms with Crippen LogP contribution in [0.2, 0.25) is 0 Å². The van der Waals surface area contributed by atoms with Crippen molar-refractivity contribution in [3.05, 3.63) is 194 Å². The second kappa shape index (κ2) is 13.7. The van der Waals surface area contributed by atoms with Crippen molar-refractivity contribution in [2.45, 2.75) is 0 Å². The van der Waals surface area contributed by atoms with Gasteiger partial charge in [0.15, 0.2) is 17.5 Å². The summed E-state index contributed by atoms with van der Waals surface area (Å²) in [6.07, 6.45) is 0. The van der Waals surface area contributed by atoms with Gasteiger partial charge in [0.1, 0.15) is 11.2 Å². The molecule has 0 saturated carbocycles. The van der Waals surface area contributed by atoms with Crippen LogP contribution in [0.25, 0.3) is 87.4 Å². The fourth-order valence-corrected chi connectivity index (χ4v) is 8.92. The van der Waals surface area contributed by atoms with Crippen LogP contribution >= 0.6 is 11.3 Å². The first-order valence-electron chi connectivity index (χ1n) is 18.9. The van der Waals surface area contributed by atoms with Gasteiger partial charge in [-0.05, 0) is 71.8 Å². The van der Waals surface area contributed by atoms with Crippen molar-refractivity contribution in [1.29, 1.82) is 0 Å². The quantitative estimate of drug-likeness (QED) is 0.162. The minimum absolute atomic E-state index is 0.619. The van der Waals surface area contributed by atoms with Gasteiger partial charge in [-0.2, -0.15) is 0 Å². The molecule has 0 spiro atoms. The lowest BCUT2D eigenvalue weighted by molar-refractivity contribution is 0.669. The Morgan fingerprint density at radius 1 is 0.368 bits per heavy atom. The van der Waals surface area contributed by atoms with Crippen LogP contribution in [0.1, 0.15) is 0 Å². The minimum atomic E-state index is 0.619. The minimum Gasteiger partial charge on any atom is -0.456 e. The smallest absolute Gasteiger partial charge is 0.164 e. The molecule has 0 saturated heterocycles. The van der Waals surface area contributed by atoms with Gasteiger partial charge >= 0.3 is 0 Å². The summed E-state index contributed by atoms with van der Waals surface area (Å²) in [4.78, 5) is 17.2. The number of fused-ring (bicyclic) bond motifs is 6. The number of benzene rings is 8. The Balaban J connectivity index is 1.02. The summed E-state index contributed by atoms with van der Waals surface area (Å²) >= 11 is 1.83. The molecule has 6 heteroatoms. The van der Waals surface area contributed by atoms with Crippen LogP contribution in [0.15, 0.2) is 199 Å². The maximum absolute atomic E-state index is 6.68. The average Bonchev–Trinajstić information content (AvgIpc) is 3.85. The highest BCUT2D eigenvalue weighted by molar-refractivity contribution is 7.25. The third-order valence-corrected chi connectivity index (χ3v) is 11.7. The van der Waals surface area contributed by atoms with E-state index in [-0.39, 0.29) is 0 Å². The number of thiophene rings is 1. The number of rotatable bonds is 7. The molecule has 11 rings (SSSR count). The van der Waals surface area contributed by atoms with Gasteiger partial charge < -0.3 is 9.32 Å². The van der Waals surface area contributed by atoms with Crippen LogP contribution in [0, 0.1) is 0 Å². The maximum Gasteiger partial charge on any atom is 0.164 e. The molecule has 0 bridgehead atoms. The van der Waals surface area contributed by atoms with Crippen molar-refractivity contribution < 1.29 is 4.42 Å². The fraction of sp³-hybridized carbons (Fsp3) is 0. The molecule has 0 atom stereocenters. The van der Waals surface area contributed by atoms with Gasteiger partial charge in [-0.25, -0.2) is 15.0 Å². The molecule has 0 fully saturated rings. The van der Waals surface area contributed by atoms with Crippen molar-refractivity contribution in [3.8, 4) is 45.3 Å². The Hall–Kier alpha value is -7.41. The highest BCUT2D eigenvalue weighted by atomic mass is 32.1. The summed E-state index contributed by atoms with van der Waals surface area (Å²) in [7, 11) is 0. The fourth-order valence-electron chi connectivity index (χ4n) is 7.84. The van der Waals surface area contributed by atoms with E-state index in [0.29, 0.717) is 17.5 Å². The van der Waals surface area contributed by atoms with Gasteiger partial charge in [0.2, 0.25) is 0 Å². The maximum atomic E-state index is 6.68. The van der Waals surface area contributed by atoms with Crippen LogP contribution < -0.4 is 4.90 Å². The number of hydrogen-bond donors (Lipinski definition) is 0. The molecule has 57 heavy (non-hydrogen) atoms. The Morgan fingerprint density at radius 2 is 0.947 bits per heavy atom. The molecule has 0 aliphatic rings. The summed E-state index contributed by atoms with van der Waals surface area (Å²) in [6, 6.07) is 67.4. The summed E-state index contributed by atoms with van der Waals surface area (Å²) in [5.41, 5.74) is 9.77. The van der Waals surface area contributed by atoms with E-state index in [9.17, 15) is 0 Å². The van der Waals surface area contributed by atoms with Crippen LogP contribution in [-0.4, -0.2) is 15.0 Å². The van der Waals surface area contributed by atoms with Crippen molar-refractivity contribution in [3.63, 3.8) is 0 Å². The SMILES string of the molecule is c1ccc(-c2nc(-c3ccccc3)nc(-c3cccc(-c4cccc5oc6cc(N(c7ccccc7)c7ccc8sc9ccccc9c8c7)ccc6c45)c3)n2)cc1. The lowest BCUT2D eigenvalue weighted by Crippen LogP contribution is -2.09. The molecule has 0 radical (unpaired) electrons. The Labute approximate surface area is 332 Å². The number of aromatic nitrogens is 3. The van der Waals surface area contributed by atoms with E-state index < -0.39 is 0 Å². The van der Waals surface area contributed by atoms with Crippen LogP contribution in [0.5, 0.6) is 0 Å². The molecule has 3 heterocycles. The van der Waals surface area contributed by atoms with Crippen molar-refractivity contribution in [2.75, 3.05) is 4.90 Å². The predicted octanol–water partition coefficient (Wildman–Crippen LogP) is 14.3. The third kappa shape index (κ3) is 5.91. The summed E-state index contributed by atoms with van der Waals surface area (Å²) in [5, 5.41) is 4.66. The second-order valence-corrected chi connectivity index (χ2v) is 15.1. The molecule has 0 N–H and O–H groups in total. The van der Waals surface area contributed by atoms with E-state index in [1.165, 1.54) is 20.2 Å². The highest BCUT2D eigenvalue weighted by Gasteiger charge is 2.19. The van der Waals surface area contributed by atoms with E-state index in [2.05, 4.69) is 138 Å². The topological polar surface area (TPSA) is 55.1 Å². The first-order valence-corrected chi connectivity index (χ1v) is 19.7. The zero-order valence-electron chi connectivity index (χ0n) is 30.6. The molecule has 0 amide bonds. The number of furan rings is 1. The summed E-state index contributed by atoms with van der Waals surface area (Å²) < 4.78 is 9.25. The third-order valence-electron chi connectivity index (χ3n) is 10.5. The van der Waals surface area contributed by atoms with E-state index in [1.807, 2.05) is 72.0 Å². The van der Waals surface area contributed by atoms with Crippen LogP contribution in [-0.2, 0) is 0 Å². The van der Waals surface area contributed by atoms with E-state index in [1.54, 1.807) is 0 Å². The lowest BCUT2D eigenvalue weighted by atomic mass is 9.97. The molecule has 5 nitrogen and oxygen atoms in total. The van der Waals surface area contributed by atoms with Crippen molar-refractivity contribution >= 4 is 70.5 Å². The first kappa shape index (κ1) is 33.0. The van der Waals surface area contributed by atoms with Crippen molar-refractivity contribution in [1.82, 2.24) is 15.0 Å². The standard InChI is InChI=1S/C51H32N4OS/c1-4-14-33(15-5-1)49-52-50(34-16-6-2-7-17-34)54-51(53-49)36-19-12-18-35(30-36)40-23-13-24-44-48(40)42-28-26-39(32-45(42)56-44)55(37-20-8-3-9-21-37)38-27-29-47-43(31-38)41-22-10-11-25-46(41)57-47/h1-32H. The van der Waals surface area contributed by atoms with Crippen LogP contribution in [0.4, 0.5) is 17.1 Å². The first-order chi connectivity index (χ1) is 28.2. The Bertz CT molecular complexity index is 3190. The second-order valence-electron chi connectivity index (χ2n) is 14.0. The predicted molar refractivity (Wildman–Crippen MR) is 236 cm³/mol. The molecular formula is C51H32N4OS. The normalized spacial score (nSPS) is 11.5. The molecule has 8 aromatic carbocycles. The van der Waals surface area contributed by atoms with Crippen molar-refractivity contribution in [2.24, 2.45) is 0 Å². The highest BCUT2D eigenvalue weighted by Crippen LogP contribution is 2.43. The molecule has 0 aliphatic carbocycles. The molecule has 3 aromatic heterocycles. The number of nitrogens with zero attached hydrogens (tertiary/aromatic N) is 4. The molecule has 11 aromatic rings. The molecule has 268 valence electrons. The number of anilines is 3. The zero-order chi connectivity index (χ0) is 37.7. The van der Waals surface area contributed by atoms with Gasteiger partial charge in [0.25, 0.3) is 0 Å². The van der Waals surface area contributed by atoms with Crippen LogP contribution in [0.3, 0.4) is 0 Å². The summed E-state index contributed by atoms with van der Waals surface area (Å²) in [5.74, 6) is 1.89. The van der Waals surface area contributed by atoms with Gasteiger partial charge in [-0.15, -0.1) is 11.3 Å². The monoisotopic (exact) mass is 748 g/mol. The van der Waals surface area contributed by atoms with Gasteiger partial charge in [-0.1, -0.05) is 127 Å². The van der Waals surface area contributed by atoms with E-state index in [4.69, 9.17) is 19.4 Å². The summed E-state index contributed by atoms with van der Waals surface area (Å²) in [6.45, 7) is 0. The molecule has 0 unspecified atom stereocenters. The Kier molecular flexibility index (Phi) is 7.93. The largest absolute Gasteiger partial charge is 0.456 e. The van der Waals surface area contributed by atoms with Gasteiger partial charge in [0, 0.05) is 70.8 Å². The van der Waals surface area contributed by atoms with Gasteiger partial charge in [-0.3, -0.25) is 0 Å². The lowest BCUT2D eigenvalue weighted by Gasteiger charge is -2.25. The number of para-hydroxylation sites is 1. The van der Waals surface area contributed by atoms with E-state index >= 15 is 0 Å². The zero-order valence-corrected chi connectivity index (χ0v) is 31.4. The molecular weight excluding hydrogens is 717 g/mol. The molecule has 0 aliphatic heterocycles. The Morgan fingerprint density at radius 3 is 1.70 bits per heavy atom. The van der Waals surface area contributed by atoms with E-state index in [0.717, 1.165) is 66.8 Å².